The van der Waals surface area contributed by atoms with Crippen molar-refractivity contribution in [3.63, 3.8) is 0 Å². The normalized spacial score (nSPS) is 10.8. The third-order valence-corrected chi connectivity index (χ3v) is 3.02. The van der Waals surface area contributed by atoms with E-state index < -0.39 is 0 Å². The summed E-state index contributed by atoms with van der Waals surface area (Å²) in [7, 11) is 4.10. The molecule has 0 aliphatic heterocycles. The highest BCUT2D eigenvalue weighted by Crippen LogP contribution is 2.16. The van der Waals surface area contributed by atoms with Crippen LogP contribution in [0.25, 0.3) is 0 Å². The van der Waals surface area contributed by atoms with Gasteiger partial charge in [0, 0.05) is 24.0 Å². The number of nitrogens with zero attached hydrogens (tertiary/aromatic N) is 3. The first-order chi connectivity index (χ1) is 10.5. The Kier molecular flexibility index (Phi) is 5.66. The molecule has 0 atom stereocenters. The van der Waals surface area contributed by atoms with Gasteiger partial charge in [-0.1, -0.05) is 6.07 Å². The fourth-order valence-corrected chi connectivity index (χ4v) is 2.02. The Morgan fingerprint density at radius 2 is 2.00 bits per heavy atom. The van der Waals surface area contributed by atoms with Gasteiger partial charge in [-0.15, -0.1) is 0 Å². The van der Waals surface area contributed by atoms with Gasteiger partial charge in [0.05, 0.1) is 0 Å². The molecular formula is C16H22FN5. The Bertz CT molecular complexity index is 615. The number of nitrogens with one attached hydrogen (secondary N) is 2. The maximum atomic E-state index is 13.2. The predicted octanol–water partition coefficient (Wildman–Crippen LogP) is 3.03. The fraction of sp³-hybridized carbons (Fsp3) is 0.375. The van der Waals surface area contributed by atoms with Crippen molar-refractivity contribution in [3.8, 4) is 0 Å². The van der Waals surface area contributed by atoms with E-state index in [0.717, 1.165) is 31.0 Å². The summed E-state index contributed by atoms with van der Waals surface area (Å²) in [5, 5.41) is 6.31. The van der Waals surface area contributed by atoms with Crippen LogP contribution in [0.2, 0.25) is 0 Å². The topological polar surface area (TPSA) is 53.1 Å². The Labute approximate surface area is 130 Å². The average molecular weight is 303 g/mol. The van der Waals surface area contributed by atoms with Crippen LogP contribution in [-0.4, -0.2) is 42.1 Å². The van der Waals surface area contributed by atoms with Gasteiger partial charge in [0.15, 0.2) is 0 Å². The molecule has 118 valence electrons. The van der Waals surface area contributed by atoms with Crippen LogP contribution in [0.1, 0.15) is 12.1 Å². The molecular weight excluding hydrogens is 281 g/mol. The molecule has 1 aromatic heterocycles. The van der Waals surface area contributed by atoms with E-state index in [-0.39, 0.29) is 5.82 Å². The average Bonchev–Trinajstić information content (AvgIpc) is 2.43. The third kappa shape index (κ3) is 5.29. The van der Waals surface area contributed by atoms with Crippen molar-refractivity contribution in [2.24, 2.45) is 0 Å². The van der Waals surface area contributed by atoms with Crippen molar-refractivity contribution in [2.45, 2.75) is 13.3 Å². The zero-order valence-electron chi connectivity index (χ0n) is 13.2. The molecule has 2 N–H and O–H groups in total. The summed E-state index contributed by atoms with van der Waals surface area (Å²) < 4.78 is 13.2. The molecule has 2 aromatic rings. The molecule has 0 aliphatic rings. The van der Waals surface area contributed by atoms with Gasteiger partial charge in [-0.05, 0) is 52.2 Å². The first kappa shape index (κ1) is 16.2. The summed E-state index contributed by atoms with van der Waals surface area (Å²) in [6, 6.07) is 8.13. The van der Waals surface area contributed by atoms with E-state index in [0.29, 0.717) is 11.6 Å². The van der Waals surface area contributed by atoms with Gasteiger partial charge in [-0.25, -0.2) is 9.37 Å². The monoisotopic (exact) mass is 303 g/mol. The van der Waals surface area contributed by atoms with Crippen LogP contribution in [-0.2, 0) is 0 Å². The van der Waals surface area contributed by atoms with E-state index in [9.17, 15) is 4.39 Å². The molecule has 0 amide bonds. The molecule has 0 radical (unpaired) electrons. The number of aryl methyl sites for hydroxylation is 1. The van der Waals surface area contributed by atoms with Crippen LogP contribution in [0.3, 0.4) is 0 Å². The number of benzene rings is 1. The third-order valence-electron chi connectivity index (χ3n) is 3.02. The largest absolute Gasteiger partial charge is 0.370 e. The summed E-state index contributed by atoms with van der Waals surface area (Å²) >= 11 is 0. The first-order valence-corrected chi connectivity index (χ1v) is 7.30. The predicted molar refractivity (Wildman–Crippen MR) is 88.1 cm³/mol. The van der Waals surface area contributed by atoms with Crippen LogP contribution in [0.5, 0.6) is 0 Å². The molecule has 0 unspecified atom stereocenters. The standard InChI is InChI=1S/C16H22FN5/c1-12-10-15(18-8-5-9-22(2)3)21-16(19-12)20-14-7-4-6-13(17)11-14/h4,6-7,10-11H,5,8-9H2,1-3H3,(H2,18,19,20,21). The second kappa shape index (κ2) is 7.70. The molecule has 0 bridgehead atoms. The Morgan fingerprint density at radius 3 is 2.73 bits per heavy atom. The van der Waals surface area contributed by atoms with Crippen LogP contribution in [0.15, 0.2) is 30.3 Å². The van der Waals surface area contributed by atoms with Crippen molar-refractivity contribution >= 4 is 17.5 Å². The summed E-state index contributed by atoms with van der Waals surface area (Å²) in [6.45, 7) is 3.77. The lowest BCUT2D eigenvalue weighted by atomic mass is 10.3. The second-order valence-corrected chi connectivity index (χ2v) is 5.44. The van der Waals surface area contributed by atoms with Gasteiger partial charge < -0.3 is 15.5 Å². The number of halogens is 1. The number of rotatable bonds is 7. The van der Waals surface area contributed by atoms with Crippen LogP contribution >= 0.6 is 0 Å². The van der Waals surface area contributed by atoms with Crippen molar-refractivity contribution in [1.82, 2.24) is 14.9 Å². The van der Waals surface area contributed by atoms with Crippen molar-refractivity contribution in [2.75, 3.05) is 37.8 Å². The van der Waals surface area contributed by atoms with Gasteiger partial charge in [0.2, 0.25) is 5.95 Å². The zero-order chi connectivity index (χ0) is 15.9. The zero-order valence-corrected chi connectivity index (χ0v) is 13.2. The summed E-state index contributed by atoms with van der Waals surface area (Å²) in [6.07, 6.45) is 1.03. The van der Waals surface area contributed by atoms with Crippen LogP contribution in [0, 0.1) is 12.7 Å². The summed E-state index contributed by atoms with van der Waals surface area (Å²) in [5.41, 5.74) is 1.48. The Hall–Kier alpha value is -2.21. The molecule has 0 saturated carbocycles. The fourth-order valence-electron chi connectivity index (χ4n) is 2.02. The smallest absolute Gasteiger partial charge is 0.229 e. The summed E-state index contributed by atoms with van der Waals surface area (Å²) in [5.74, 6) is 0.936. The van der Waals surface area contributed by atoms with E-state index >= 15 is 0 Å². The summed E-state index contributed by atoms with van der Waals surface area (Å²) in [4.78, 5) is 10.9. The highest BCUT2D eigenvalue weighted by atomic mass is 19.1. The van der Waals surface area contributed by atoms with Crippen LogP contribution in [0.4, 0.5) is 21.8 Å². The lowest BCUT2D eigenvalue weighted by molar-refractivity contribution is 0.405. The molecule has 6 heteroatoms. The molecule has 22 heavy (non-hydrogen) atoms. The molecule has 2 rings (SSSR count). The SMILES string of the molecule is Cc1cc(NCCCN(C)C)nc(Nc2cccc(F)c2)n1. The maximum Gasteiger partial charge on any atom is 0.229 e. The van der Waals surface area contributed by atoms with E-state index in [1.54, 1.807) is 12.1 Å². The molecule has 5 nitrogen and oxygen atoms in total. The number of hydrogen-bond donors (Lipinski definition) is 2. The molecule has 1 heterocycles. The van der Waals surface area contributed by atoms with E-state index in [1.807, 2.05) is 13.0 Å². The van der Waals surface area contributed by atoms with Gasteiger partial charge in [0.25, 0.3) is 0 Å². The molecule has 0 aliphatic carbocycles. The van der Waals surface area contributed by atoms with Crippen molar-refractivity contribution < 1.29 is 4.39 Å². The van der Waals surface area contributed by atoms with E-state index in [4.69, 9.17) is 0 Å². The first-order valence-electron chi connectivity index (χ1n) is 7.30. The highest BCUT2D eigenvalue weighted by molar-refractivity contribution is 5.55. The van der Waals surface area contributed by atoms with E-state index in [2.05, 4.69) is 39.6 Å². The lowest BCUT2D eigenvalue weighted by Gasteiger charge is -2.12. The number of aromatic nitrogens is 2. The molecule has 1 aromatic carbocycles. The van der Waals surface area contributed by atoms with Gasteiger partial charge in [0.1, 0.15) is 11.6 Å². The highest BCUT2D eigenvalue weighted by Gasteiger charge is 2.03. The minimum Gasteiger partial charge on any atom is -0.370 e. The van der Waals surface area contributed by atoms with Crippen molar-refractivity contribution in [1.29, 1.82) is 0 Å². The van der Waals surface area contributed by atoms with E-state index in [1.165, 1.54) is 12.1 Å². The quantitative estimate of drug-likeness (QED) is 0.770. The molecule has 0 saturated heterocycles. The van der Waals surface area contributed by atoms with Gasteiger partial charge in [-0.3, -0.25) is 0 Å². The number of hydrogen-bond acceptors (Lipinski definition) is 5. The Morgan fingerprint density at radius 1 is 1.18 bits per heavy atom. The lowest BCUT2D eigenvalue weighted by Crippen LogP contribution is -2.16. The van der Waals surface area contributed by atoms with Crippen LogP contribution < -0.4 is 10.6 Å². The van der Waals surface area contributed by atoms with Crippen molar-refractivity contribution in [3.05, 3.63) is 41.8 Å². The molecule has 0 fully saturated rings. The molecule has 0 spiro atoms. The van der Waals surface area contributed by atoms with Gasteiger partial charge >= 0.3 is 0 Å². The Balaban J connectivity index is 2.00. The number of anilines is 3. The maximum absolute atomic E-state index is 13.2. The minimum atomic E-state index is -0.292. The second-order valence-electron chi connectivity index (χ2n) is 5.44. The minimum absolute atomic E-state index is 0.292. The van der Waals surface area contributed by atoms with Gasteiger partial charge in [-0.2, -0.15) is 4.98 Å².